The van der Waals surface area contributed by atoms with Crippen LogP contribution < -0.4 is 10.6 Å². The fraction of sp³-hybridized carbons (Fsp3) is 0.611. The minimum atomic E-state index is -0.00227. The van der Waals surface area contributed by atoms with Crippen LogP contribution in [0.4, 0.5) is 0 Å². The molecule has 6 heteroatoms. The maximum Gasteiger partial charge on any atom is 0.221 e. The Labute approximate surface area is 158 Å². The molecule has 2 heterocycles. The lowest BCUT2D eigenvalue weighted by molar-refractivity contribution is -0.122. The van der Waals surface area contributed by atoms with E-state index in [9.17, 15) is 4.79 Å². The van der Waals surface area contributed by atoms with E-state index in [1.165, 1.54) is 12.0 Å². The first-order valence-corrected chi connectivity index (χ1v) is 9.31. The van der Waals surface area contributed by atoms with Gasteiger partial charge in [0.15, 0.2) is 0 Å². The Hall–Kier alpha value is -0.620. The molecule has 1 amide bonds. The van der Waals surface area contributed by atoms with Crippen molar-refractivity contribution in [3.63, 3.8) is 0 Å². The minimum Gasteiger partial charge on any atom is -0.381 e. The first-order valence-electron chi connectivity index (χ1n) is 8.52. The number of ether oxygens (including phenoxy) is 1. The Morgan fingerprint density at radius 3 is 2.62 bits per heavy atom. The highest BCUT2D eigenvalue weighted by atomic mass is 79.9. The van der Waals surface area contributed by atoms with Gasteiger partial charge in [0.1, 0.15) is 0 Å². The average Bonchev–Trinajstić information content (AvgIpc) is 3.07. The van der Waals surface area contributed by atoms with Gasteiger partial charge >= 0.3 is 0 Å². The summed E-state index contributed by atoms with van der Waals surface area (Å²) >= 11 is 3.50. The fourth-order valence-corrected chi connectivity index (χ4v) is 3.89. The number of amides is 1. The third-order valence-corrected chi connectivity index (χ3v) is 5.65. The molecule has 0 radical (unpaired) electrons. The summed E-state index contributed by atoms with van der Waals surface area (Å²) in [5, 5.41) is 6.57. The molecule has 1 aromatic rings. The van der Waals surface area contributed by atoms with E-state index in [1.54, 1.807) is 0 Å². The van der Waals surface area contributed by atoms with E-state index in [-0.39, 0.29) is 23.7 Å². The summed E-state index contributed by atoms with van der Waals surface area (Å²) in [6, 6.07) is 8.85. The molecule has 4 nitrogen and oxygen atoms in total. The molecule has 0 bridgehead atoms. The van der Waals surface area contributed by atoms with Crippen LogP contribution in [0, 0.1) is 0 Å². The van der Waals surface area contributed by atoms with Crippen molar-refractivity contribution in [2.45, 2.75) is 43.6 Å². The van der Waals surface area contributed by atoms with Crippen LogP contribution in [-0.4, -0.2) is 38.3 Å². The molecular weight excluding hydrogens is 392 g/mol. The zero-order valence-electron chi connectivity index (χ0n) is 13.9. The first-order chi connectivity index (χ1) is 11.2. The van der Waals surface area contributed by atoms with Crippen molar-refractivity contribution in [1.82, 2.24) is 10.6 Å². The topological polar surface area (TPSA) is 50.4 Å². The van der Waals surface area contributed by atoms with Crippen molar-refractivity contribution >= 4 is 34.2 Å². The standard InChI is InChI=1S/C18H25BrN2O2.ClH/c19-15-5-3-14(4-6-15)18(7-10-23-11-8-18)13-21-17(22)12-16-2-1-9-20-16;/h3-6,16,20H,1-2,7-13H2,(H,21,22);1H. The van der Waals surface area contributed by atoms with Gasteiger partial charge in [-0.15, -0.1) is 12.4 Å². The zero-order chi connectivity index (χ0) is 16.1. The van der Waals surface area contributed by atoms with Gasteiger partial charge in [0.2, 0.25) is 5.91 Å². The molecule has 2 N–H and O–H groups in total. The minimum absolute atomic E-state index is 0. The van der Waals surface area contributed by atoms with Crippen LogP contribution in [0.2, 0.25) is 0 Å². The summed E-state index contributed by atoms with van der Waals surface area (Å²) in [5.41, 5.74) is 1.29. The van der Waals surface area contributed by atoms with E-state index in [0.29, 0.717) is 19.0 Å². The molecule has 0 spiro atoms. The average molecular weight is 418 g/mol. The molecule has 0 saturated carbocycles. The maximum absolute atomic E-state index is 12.3. The summed E-state index contributed by atoms with van der Waals surface area (Å²) < 4.78 is 6.64. The highest BCUT2D eigenvalue weighted by Gasteiger charge is 2.35. The van der Waals surface area contributed by atoms with Gasteiger partial charge in [0, 0.05) is 42.1 Å². The number of carbonyl (C=O) groups is 1. The monoisotopic (exact) mass is 416 g/mol. The summed E-state index contributed by atoms with van der Waals surface area (Å²) in [4.78, 5) is 12.3. The number of carbonyl (C=O) groups excluding carboxylic acids is 1. The Morgan fingerprint density at radius 1 is 1.29 bits per heavy atom. The second-order valence-corrected chi connectivity index (χ2v) is 7.59. The molecule has 1 aromatic carbocycles. The Kier molecular flexibility index (Phi) is 7.54. The lowest BCUT2D eigenvalue weighted by atomic mass is 9.74. The molecule has 3 rings (SSSR count). The van der Waals surface area contributed by atoms with Crippen LogP contribution in [0.5, 0.6) is 0 Å². The third kappa shape index (κ3) is 4.94. The second-order valence-electron chi connectivity index (χ2n) is 6.67. The molecule has 134 valence electrons. The Bertz CT molecular complexity index is 526. The lowest BCUT2D eigenvalue weighted by Gasteiger charge is -2.38. The molecule has 2 fully saturated rings. The van der Waals surface area contributed by atoms with Crippen LogP contribution in [0.25, 0.3) is 0 Å². The van der Waals surface area contributed by atoms with Crippen LogP contribution >= 0.6 is 28.3 Å². The molecular formula is C18H26BrClN2O2. The third-order valence-electron chi connectivity index (χ3n) is 5.12. The fourth-order valence-electron chi connectivity index (χ4n) is 3.63. The molecule has 24 heavy (non-hydrogen) atoms. The van der Waals surface area contributed by atoms with E-state index in [2.05, 4.69) is 50.8 Å². The predicted molar refractivity (Wildman–Crippen MR) is 102 cm³/mol. The summed E-state index contributed by atoms with van der Waals surface area (Å²) in [5.74, 6) is 0.160. The zero-order valence-corrected chi connectivity index (χ0v) is 16.3. The Balaban J connectivity index is 0.00000208. The van der Waals surface area contributed by atoms with Gasteiger partial charge in [-0.2, -0.15) is 0 Å². The van der Waals surface area contributed by atoms with E-state index in [1.807, 2.05) is 0 Å². The number of benzene rings is 1. The van der Waals surface area contributed by atoms with Crippen LogP contribution in [-0.2, 0) is 14.9 Å². The molecule has 0 aromatic heterocycles. The van der Waals surface area contributed by atoms with E-state index in [4.69, 9.17) is 4.74 Å². The predicted octanol–water partition coefficient (Wildman–Crippen LogP) is 3.18. The Morgan fingerprint density at radius 2 is 2.00 bits per heavy atom. The summed E-state index contributed by atoms with van der Waals surface area (Å²) in [7, 11) is 0. The first kappa shape index (κ1) is 19.7. The number of nitrogens with one attached hydrogen (secondary N) is 2. The van der Waals surface area contributed by atoms with Crippen LogP contribution in [0.1, 0.15) is 37.7 Å². The molecule has 1 atom stereocenters. The molecule has 0 aliphatic carbocycles. The molecule has 2 saturated heterocycles. The van der Waals surface area contributed by atoms with Gasteiger partial charge in [-0.1, -0.05) is 28.1 Å². The van der Waals surface area contributed by atoms with Gasteiger partial charge in [0.25, 0.3) is 0 Å². The normalized spacial score (nSPS) is 22.6. The highest BCUT2D eigenvalue weighted by molar-refractivity contribution is 9.10. The number of hydrogen-bond acceptors (Lipinski definition) is 3. The van der Waals surface area contributed by atoms with E-state index in [0.717, 1.165) is 43.5 Å². The van der Waals surface area contributed by atoms with Gasteiger partial charge in [-0.05, 0) is 49.9 Å². The van der Waals surface area contributed by atoms with Crippen molar-refractivity contribution in [3.05, 3.63) is 34.3 Å². The van der Waals surface area contributed by atoms with Gasteiger partial charge in [-0.25, -0.2) is 0 Å². The van der Waals surface area contributed by atoms with E-state index >= 15 is 0 Å². The SMILES string of the molecule is Cl.O=C(CC1CCCN1)NCC1(c2ccc(Br)cc2)CCOCC1. The smallest absolute Gasteiger partial charge is 0.221 e. The molecule has 2 aliphatic rings. The van der Waals surface area contributed by atoms with Gasteiger partial charge < -0.3 is 15.4 Å². The van der Waals surface area contributed by atoms with Crippen LogP contribution in [0.15, 0.2) is 28.7 Å². The second kappa shape index (κ2) is 9.18. The van der Waals surface area contributed by atoms with E-state index < -0.39 is 0 Å². The van der Waals surface area contributed by atoms with Crippen LogP contribution in [0.3, 0.4) is 0 Å². The molecule has 2 aliphatic heterocycles. The maximum atomic E-state index is 12.3. The number of halogens is 2. The van der Waals surface area contributed by atoms with Crippen molar-refractivity contribution < 1.29 is 9.53 Å². The number of hydrogen-bond donors (Lipinski definition) is 2. The van der Waals surface area contributed by atoms with Crippen molar-refractivity contribution in [3.8, 4) is 0 Å². The quantitative estimate of drug-likeness (QED) is 0.773. The van der Waals surface area contributed by atoms with Gasteiger partial charge in [0.05, 0.1) is 0 Å². The number of rotatable bonds is 5. The summed E-state index contributed by atoms with van der Waals surface area (Å²) in [6.07, 6.45) is 4.79. The summed E-state index contributed by atoms with van der Waals surface area (Å²) in [6.45, 7) is 3.26. The lowest BCUT2D eigenvalue weighted by Crippen LogP contribution is -2.45. The van der Waals surface area contributed by atoms with Gasteiger partial charge in [-0.3, -0.25) is 4.79 Å². The van der Waals surface area contributed by atoms with Crippen molar-refractivity contribution in [1.29, 1.82) is 0 Å². The largest absolute Gasteiger partial charge is 0.381 e. The van der Waals surface area contributed by atoms with Crippen molar-refractivity contribution in [2.24, 2.45) is 0 Å². The van der Waals surface area contributed by atoms with Crippen molar-refractivity contribution in [2.75, 3.05) is 26.3 Å². The molecule has 1 unspecified atom stereocenters. The highest BCUT2D eigenvalue weighted by Crippen LogP contribution is 2.35.